The molecule has 2 N–H and O–H groups in total. The van der Waals surface area contributed by atoms with E-state index in [0.29, 0.717) is 0 Å². The first-order valence-electron chi connectivity index (χ1n) is 6.19. The summed E-state index contributed by atoms with van der Waals surface area (Å²) in [5.74, 6) is 1.12. The van der Waals surface area contributed by atoms with Crippen LogP contribution in [-0.2, 0) is 6.42 Å². The summed E-state index contributed by atoms with van der Waals surface area (Å²) < 4.78 is 0. The summed E-state index contributed by atoms with van der Waals surface area (Å²) in [6.45, 7) is 3.78. The second kappa shape index (κ2) is 4.74. The van der Waals surface area contributed by atoms with E-state index in [0.717, 1.165) is 49.1 Å². The Labute approximate surface area is 105 Å². The Morgan fingerprint density at radius 1 is 1.29 bits per heavy atom. The SMILES string of the molecule is O=c1[nH]c2c(cc1N1CCNCC1)CCCS2. The van der Waals surface area contributed by atoms with Gasteiger partial charge in [0.15, 0.2) is 0 Å². The van der Waals surface area contributed by atoms with Crippen LogP contribution in [0.4, 0.5) is 5.69 Å². The third kappa shape index (κ3) is 2.21. The monoisotopic (exact) mass is 251 g/mol. The van der Waals surface area contributed by atoms with Crippen LogP contribution in [0.5, 0.6) is 0 Å². The van der Waals surface area contributed by atoms with Gasteiger partial charge in [-0.1, -0.05) is 0 Å². The van der Waals surface area contributed by atoms with Crippen LogP contribution in [0.25, 0.3) is 0 Å². The van der Waals surface area contributed by atoms with Crippen molar-refractivity contribution in [1.29, 1.82) is 0 Å². The largest absolute Gasteiger partial charge is 0.365 e. The van der Waals surface area contributed by atoms with E-state index in [1.807, 2.05) is 0 Å². The van der Waals surface area contributed by atoms with E-state index in [2.05, 4.69) is 21.3 Å². The number of aryl methyl sites for hydroxylation is 1. The first kappa shape index (κ1) is 11.2. The van der Waals surface area contributed by atoms with Gasteiger partial charge in [-0.2, -0.15) is 0 Å². The summed E-state index contributed by atoms with van der Waals surface area (Å²) in [6.07, 6.45) is 2.31. The number of hydrogen-bond acceptors (Lipinski definition) is 4. The lowest BCUT2D eigenvalue weighted by Gasteiger charge is -2.29. The maximum atomic E-state index is 12.1. The van der Waals surface area contributed by atoms with Crippen LogP contribution in [0, 0.1) is 0 Å². The number of anilines is 1. The molecule has 5 heteroatoms. The minimum Gasteiger partial charge on any atom is -0.365 e. The van der Waals surface area contributed by atoms with Crippen molar-refractivity contribution in [2.75, 3.05) is 36.8 Å². The highest BCUT2D eigenvalue weighted by molar-refractivity contribution is 7.99. The fourth-order valence-electron chi connectivity index (χ4n) is 2.44. The zero-order valence-corrected chi connectivity index (χ0v) is 10.6. The zero-order valence-electron chi connectivity index (χ0n) is 9.79. The number of piperazine rings is 1. The standard InChI is InChI=1S/C12H17N3OS/c16-11-10(15-5-3-13-4-6-15)8-9-2-1-7-17-12(9)14-11/h8,13H,1-7H2,(H,14,16). The Morgan fingerprint density at radius 3 is 2.94 bits per heavy atom. The normalized spacial score (nSPS) is 20.1. The van der Waals surface area contributed by atoms with Crippen molar-refractivity contribution in [2.24, 2.45) is 0 Å². The molecule has 3 heterocycles. The zero-order chi connectivity index (χ0) is 11.7. The summed E-state index contributed by atoms with van der Waals surface area (Å²) in [4.78, 5) is 17.3. The van der Waals surface area contributed by atoms with Crippen molar-refractivity contribution in [3.8, 4) is 0 Å². The van der Waals surface area contributed by atoms with Crippen LogP contribution in [0.2, 0.25) is 0 Å². The van der Waals surface area contributed by atoms with Crippen LogP contribution in [-0.4, -0.2) is 36.9 Å². The Hall–Kier alpha value is -0.940. The number of pyridine rings is 1. The molecule has 4 nitrogen and oxygen atoms in total. The molecule has 2 aliphatic heterocycles. The summed E-state index contributed by atoms with van der Waals surface area (Å²) >= 11 is 1.77. The van der Waals surface area contributed by atoms with Gasteiger partial charge < -0.3 is 15.2 Å². The molecule has 0 spiro atoms. The average Bonchev–Trinajstić information content (AvgIpc) is 2.39. The van der Waals surface area contributed by atoms with Gasteiger partial charge in [0.05, 0.1) is 5.03 Å². The summed E-state index contributed by atoms with van der Waals surface area (Å²) in [5, 5.41) is 4.39. The number of nitrogens with one attached hydrogen (secondary N) is 2. The Bertz CT molecular complexity index is 465. The number of H-pyrrole nitrogens is 1. The summed E-state index contributed by atoms with van der Waals surface area (Å²) in [7, 11) is 0. The Kier molecular flexibility index (Phi) is 3.11. The summed E-state index contributed by atoms with van der Waals surface area (Å²) in [5.41, 5.74) is 2.24. The molecule has 17 heavy (non-hydrogen) atoms. The van der Waals surface area contributed by atoms with Crippen LogP contribution >= 0.6 is 11.8 Å². The van der Waals surface area contributed by atoms with Crippen molar-refractivity contribution < 1.29 is 0 Å². The Morgan fingerprint density at radius 2 is 2.12 bits per heavy atom. The second-order valence-electron chi connectivity index (χ2n) is 4.53. The number of aromatic nitrogens is 1. The molecule has 0 aliphatic carbocycles. The van der Waals surface area contributed by atoms with Gasteiger partial charge in [0.2, 0.25) is 0 Å². The third-order valence-electron chi connectivity index (χ3n) is 3.36. The quantitative estimate of drug-likeness (QED) is 0.776. The molecule has 3 rings (SSSR count). The van der Waals surface area contributed by atoms with Gasteiger partial charge in [-0.05, 0) is 30.2 Å². The topological polar surface area (TPSA) is 48.1 Å². The van der Waals surface area contributed by atoms with Crippen molar-refractivity contribution in [2.45, 2.75) is 17.9 Å². The van der Waals surface area contributed by atoms with Gasteiger partial charge in [-0.15, -0.1) is 11.8 Å². The molecular formula is C12H17N3OS. The second-order valence-corrected chi connectivity index (χ2v) is 5.63. The molecular weight excluding hydrogens is 234 g/mol. The maximum Gasteiger partial charge on any atom is 0.272 e. The van der Waals surface area contributed by atoms with Crippen molar-refractivity contribution in [1.82, 2.24) is 10.3 Å². The van der Waals surface area contributed by atoms with Gasteiger partial charge in [0.1, 0.15) is 5.69 Å². The number of hydrogen-bond donors (Lipinski definition) is 2. The molecule has 0 unspecified atom stereocenters. The first-order valence-corrected chi connectivity index (χ1v) is 7.18. The number of thioether (sulfide) groups is 1. The van der Waals surface area contributed by atoms with Crippen molar-refractivity contribution in [3.63, 3.8) is 0 Å². The van der Waals surface area contributed by atoms with Gasteiger partial charge in [-0.3, -0.25) is 4.79 Å². The van der Waals surface area contributed by atoms with E-state index in [1.54, 1.807) is 11.8 Å². The predicted octanol–water partition coefficient (Wildman–Crippen LogP) is 0.823. The molecule has 92 valence electrons. The fraction of sp³-hybridized carbons (Fsp3) is 0.583. The minimum absolute atomic E-state index is 0.0695. The highest BCUT2D eigenvalue weighted by Crippen LogP contribution is 2.28. The highest BCUT2D eigenvalue weighted by atomic mass is 32.2. The third-order valence-corrected chi connectivity index (χ3v) is 4.50. The van der Waals surface area contributed by atoms with Crippen LogP contribution in [0.1, 0.15) is 12.0 Å². The van der Waals surface area contributed by atoms with Gasteiger partial charge in [0.25, 0.3) is 5.56 Å². The van der Waals surface area contributed by atoms with Crippen molar-refractivity contribution >= 4 is 17.4 Å². The minimum atomic E-state index is 0.0695. The molecule has 0 amide bonds. The average molecular weight is 251 g/mol. The fourth-order valence-corrected chi connectivity index (χ4v) is 3.44. The van der Waals surface area contributed by atoms with Gasteiger partial charge >= 0.3 is 0 Å². The predicted molar refractivity (Wildman–Crippen MR) is 71.2 cm³/mol. The number of fused-ring (bicyclic) bond motifs is 1. The van der Waals surface area contributed by atoms with E-state index in [1.165, 1.54) is 12.0 Å². The van der Waals surface area contributed by atoms with Gasteiger partial charge in [-0.25, -0.2) is 0 Å². The van der Waals surface area contributed by atoms with E-state index >= 15 is 0 Å². The van der Waals surface area contributed by atoms with Crippen LogP contribution < -0.4 is 15.8 Å². The number of rotatable bonds is 1. The lowest BCUT2D eigenvalue weighted by Crippen LogP contribution is -2.45. The van der Waals surface area contributed by atoms with E-state index in [9.17, 15) is 4.79 Å². The van der Waals surface area contributed by atoms with Crippen LogP contribution in [0.15, 0.2) is 15.9 Å². The molecule has 0 atom stereocenters. The molecule has 0 saturated carbocycles. The molecule has 1 aromatic rings. The van der Waals surface area contributed by atoms with E-state index in [-0.39, 0.29) is 5.56 Å². The number of aromatic amines is 1. The van der Waals surface area contributed by atoms with E-state index < -0.39 is 0 Å². The number of nitrogens with zero attached hydrogens (tertiary/aromatic N) is 1. The molecule has 1 saturated heterocycles. The smallest absolute Gasteiger partial charge is 0.272 e. The lowest BCUT2D eigenvalue weighted by molar-refractivity contribution is 0.586. The highest BCUT2D eigenvalue weighted by Gasteiger charge is 2.18. The van der Waals surface area contributed by atoms with Crippen molar-refractivity contribution in [3.05, 3.63) is 22.0 Å². The van der Waals surface area contributed by atoms with Gasteiger partial charge in [0, 0.05) is 26.2 Å². The molecule has 1 fully saturated rings. The molecule has 2 aliphatic rings. The lowest BCUT2D eigenvalue weighted by atomic mass is 10.1. The van der Waals surface area contributed by atoms with E-state index in [4.69, 9.17) is 0 Å². The molecule has 0 radical (unpaired) electrons. The maximum absolute atomic E-state index is 12.1. The Balaban J connectivity index is 1.96. The molecule has 1 aromatic heterocycles. The van der Waals surface area contributed by atoms with Crippen LogP contribution in [0.3, 0.4) is 0 Å². The molecule has 0 bridgehead atoms. The summed E-state index contributed by atoms with van der Waals surface area (Å²) in [6, 6.07) is 2.10. The molecule has 0 aromatic carbocycles. The first-order chi connectivity index (χ1) is 8.34.